The Morgan fingerprint density at radius 2 is 1.94 bits per heavy atom. The van der Waals surface area contributed by atoms with E-state index in [0.717, 1.165) is 37.2 Å². The second kappa shape index (κ2) is 6.45. The second-order valence-electron chi connectivity index (χ2n) is 12.1. The molecule has 0 unspecified atom stereocenters. The van der Waals surface area contributed by atoms with Crippen molar-refractivity contribution in [3.63, 3.8) is 0 Å². The van der Waals surface area contributed by atoms with Crippen LogP contribution in [0.25, 0.3) is 0 Å². The minimum absolute atomic E-state index is 0.0423. The first-order valence-corrected chi connectivity index (χ1v) is 12.1. The number of terminal acetylenes is 1. The molecule has 1 N–H and O–H groups in total. The molecule has 7 atom stereocenters. The highest BCUT2D eigenvalue weighted by Gasteiger charge is 2.77. The number of aliphatic hydroxyl groups is 1. The summed E-state index contributed by atoms with van der Waals surface area (Å²) >= 11 is 0. The van der Waals surface area contributed by atoms with Crippen molar-refractivity contribution in [1.29, 1.82) is 0 Å². The fraction of sp³-hybridized carbons (Fsp3) is 0.714. The monoisotopic (exact) mass is 438 g/mol. The summed E-state index contributed by atoms with van der Waals surface area (Å²) in [5.74, 6) is 4.94. The highest BCUT2D eigenvalue weighted by Crippen LogP contribution is 2.74. The number of benzene rings is 1. The van der Waals surface area contributed by atoms with Crippen LogP contribution in [0, 0.1) is 35.0 Å². The second-order valence-corrected chi connectivity index (χ2v) is 12.1. The Morgan fingerprint density at radius 3 is 2.53 bits per heavy atom. The first-order valence-electron chi connectivity index (χ1n) is 12.1. The van der Waals surface area contributed by atoms with Gasteiger partial charge in [0.1, 0.15) is 6.10 Å². The maximum Gasteiger partial charge on any atom is 0.170 e. The average Bonchev–Trinajstić information content (AvgIpc) is 3.08. The van der Waals surface area contributed by atoms with Crippen molar-refractivity contribution in [2.24, 2.45) is 22.7 Å². The van der Waals surface area contributed by atoms with E-state index >= 15 is 0 Å². The van der Waals surface area contributed by atoms with Crippen LogP contribution in [0.2, 0.25) is 0 Å². The van der Waals surface area contributed by atoms with Gasteiger partial charge in [-0.3, -0.25) is 0 Å². The van der Waals surface area contributed by atoms with Gasteiger partial charge in [0.15, 0.2) is 17.1 Å². The van der Waals surface area contributed by atoms with Crippen molar-refractivity contribution in [2.45, 2.75) is 89.4 Å². The van der Waals surface area contributed by atoms with E-state index in [0.29, 0.717) is 5.92 Å². The third-order valence-corrected chi connectivity index (χ3v) is 10.4. The molecule has 4 nitrogen and oxygen atoms in total. The molecular formula is C28H38O4. The number of hydrogen-bond acceptors (Lipinski definition) is 4. The summed E-state index contributed by atoms with van der Waals surface area (Å²) in [6.45, 7) is 10.6. The minimum Gasteiger partial charge on any atom is -0.493 e. The van der Waals surface area contributed by atoms with Crippen LogP contribution in [0.15, 0.2) is 12.1 Å². The van der Waals surface area contributed by atoms with Crippen LogP contribution >= 0.6 is 0 Å². The van der Waals surface area contributed by atoms with E-state index in [1.54, 1.807) is 14.2 Å². The maximum atomic E-state index is 12.1. The quantitative estimate of drug-likeness (QED) is 0.683. The van der Waals surface area contributed by atoms with Gasteiger partial charge in [-0.25, -0.2) is 0 Å². The number of rotatable bonds is 3. The largest absolute Gasteiger partial charge is 0.493 e. The molecule has 2 saturated carbocycles. The fourth-order valence-corrected chi connectivity index (χ4v) is 8.10. The smallest absolute Gasteiger partial charge is 0.170 e. The van der Waals surface area contributed by atoms with Crippen LogP contribution in [-0.4, -0.2) is 36.6 Å². The molecular weight excluding hydrogens is 400 g/mol. The zero-order chi connectivity index (χ0) is 23.3. The summed E-state index contributed by atoms with van der Waals surface area (Å²) in [4.78, 5) is 0. The van der Waals surface area contributed by atoms with E-state index in [9.17, 15) is 5.11 Å². The van der Waals surface area contributed by atoms with Crippen LogP contribution in [0.5, 0.6) is 11.5 Å². The van der Waals surface area contributed by atoms with Crippen LogP contribution in [0.4, 0.5) is 0 Å². The third-order valence-electron chi connectivity index (χ3n) is 10.4. The van der Waals surface area contributed by atoms with E-state index < -0.39 is 11.2 Å². The predicted octanol–water partition coefficient (Wildman–Crippen LogP) is 4.89. The molecule has 0 amide bonds. The van der Waals surface area contributed by atoms with Crippen molar-refractivity contribution in [3.05, 3.63) is 23.3 Å². The molecule has 32 heavy (non-hydrogen) atoms. The summed E-state index contributed by atoms with van der Waals surface area (Å²) in [5, 5.41) is 12.1. The molecule has 1 aromatic rings. The summed E-state index contributed by atoms with van der Waals surface area (Å²) < 4.78 is 19.0. The Hall–Kier alpha value is -1.70. The van der Waals surface area contributed by atoms with E-state index in [-0.39, 0.29) is 28.3 Å². The van der Waals surface area contributed by atoms with Crippen LogP contribution < -0.4 is 9.47 Å². The van der Waals surface area contributed by atoms with Crippen molar-refractivity contribution in [3.8, 4) is 23.8 Å². The van der Waals surface area contributed by atoms with Gasteiger partial charge in [0.2, 0.25) is 0 Å². The van der Waals surface area contributed by atoms with E-state index in [4.69, 9.17) is 20.6 Å². The predicted molar refractivity (Wildman–Crippen MR) is 125 cm³/mol. The molecule has 1 spiro atoms. The summed E-state index contributed by atoms with van der Waals surface area (Å²) in [7, 11) is 3.39. The van der Waals surface area contributed by atoms with Gasteiger partial charge in [-0.05, 0) is 61.0 Å². The van der Waals surface area contributed by atoms with Crippen LogP contribution in [-0.2, 0) is 16.6 Å². The molecule has 4 heteroatoms. The molecule has 0 saturated heterocycles. The SMILES string of the molecule is C#C[C@@]1(OC)[C@@H]([C@](C)(O)C(C)(C)C)C[C@]2(C)[C@@H]3CCC[C@@]24c2c(ccc(OC)c2O[C@@H]14)C3. The van der Waals surface area contributed by atoms with E-state index in [1.165, 1.54) is 17.5 Å². The maximum absolute atomic E-state index is 12.1. The fourth-order valence-electron chi connectivity index (χ4n) is 8.10. The summed E-state index contributed by atoms with van der Waals surface area (Å²) in [5.41, 5.74) is -0.0796. The van der Waals surface area contributed by atoms with Crippen LogP contribution in [0.3, 0.4) is 0 Å². The highest BCUT2D eigenvalue weighted by molar-refractivity contribution is 5.63. The molecule has 5 rings (SSSR count). The van der Waals surface area contributed by atoms with Gasteiger partial charge in [-0.2, -0.15) is 0 Å². The van der Waals surface area contributed by atoms with Gasteiger partial charge in [0, 0.05) is 24.0 Å². The topological polar surface area (TPSA) is 47.9 Å². The molecule has 1 aromatic carbocycles. The Labute approximate surface area is 193 Å². The van der Waals surface area contributed by atoms with Gasteiger partial charge in [-0.15, -0.1) is 6.42 Å². The van der Waals surface area contributed by atoms with Crippen molar-refractivity contribution in [1.82, 2.24) is 0 Å². The lowest BCUT2D eigenvalue weighted by Gasteiger charge is -2.68. The lowest BCUT2D eigenvalue weighted by molar-refractivity contribution is -0.252. The molecule has 3 aliphatic carbocycles. The summed E-state index contributed by atoms with van der Waals surface area (Å²) in [6.07, 6.45) is 11.2. The molecule has 2 fully saturated rings. The molecule has 174 valence electrons. The molecule has 0 radical (unpaired) electrons. The Bertz CT molecular complexity index is 998. The molecule has 1 aliphatic heterocycles. The number of methoxy groups -OCH3 is 2. The molecule has 1 heterocycles. The van der Waals surface area contributed by atoms with Gasteiger partial charge in [-0.1, -0.05) is 46.1 Å². The lowest BCUT2D eigenvalue weighted by Crippen LogP contribution is -2.76. The normalized spacial score (nSPS) is 41.2. The van der Waals surface area contributed by atoms with E-state index in [2.05, 4.69) is 39.7 Å². The first-order chi connectivity index (χ1) is 14.9. The van der Waals surface area contributed by atoms with E-state index in [1.807, 2.05) is 13.0 Å². The molecule has 4 aliphatic rings. The average molecular weight is 439 g/mol. The Kier molecular flexibility index (Phi) is 4.46. The van der Waals surface area contributed by atoms with Gasteiger partial charge in [0.05, 0.1) is 12.7 Å². The zero-order valence-electron chi connectivity index (χ0n) is 20.7. The van der Waals surface area contributed by atoms with Gasteiger partial charge in [0.25, 0.3) is 0 Å². The lowest BCUT2D eigenvalue weighted by atomic mass is 9.36. The van der Waals surface area contributed by atoms with Gasteiger partial charge >= 0.3 is 0 Å². The van der Waals surface area contributed by atoms with Gasteiger partial charge < -0.3 is 19.3 Å². The minimum atomic E-state index is -1.04. The van der Waals surface area contributed by atoms with Crippen LogP contribution in [0.1, 0.15) is 71.4 Å². The standard InChI is InChI=1S/C28H38O4/c1-9-28(31-8)20(26(6,29)24(2,3)4)16-25(5)18-11-10-14-27(25)21-17(15-18)12-13-19(30-7)22(21)32-23(27)28/h1,12-13,18,20,23,29H,10-11,14-16H2,2-8H3/t18-,20-,23-,25-,26+,27+,28-/m1/s1. The Morgan fingerprint density at radius 1 is 1.22 bits per heavy atom. The molecule has 0 aromatic heterocycles. The molecule has 2 bridgehead atoms. The van der Waals surface area contributed by atoms with Crippen molar-refractivity contribution >= 4 is 0 Å². The first kappa shape index (κ1) is 22.1. The number of hydrogen-bond donors (Lipinski definition) is 1. The zero-order valence-corrected chi connectivity index (χ0v) is 20.7. The van der Waals surface area contributed by atoms with Crippen molar-refractivity contribution in [2.75, 3.05) is 14.2 Å². The highest BCUT2D eigenvalue weighted by atomic mass is 16.6. The Balaban J connectivity index is 1.83. The number of ether oxygens (including phenoxy) is 3. The summed E-state index contributed by atoms with van der Waals surface area (Å²) in [6, 6.07) is 4.26. The van der Waals surface area contributed by atoms with Crippen molar-refractivity contribution < 1.29 is 19.3 Å². The third kappa shape index (κ3) is 2.23.